The largest absolute Gasteiger partial charge is 0.339 e. The molecular formula is C18H28N2O. The molecule has 116 valence electrons. The number of hydrogen-bond acceptors (Lipinski definition) is 2. The Labute approximate surface area is 128 Å². The summed E-state index contributed by atoms with van der Waals surface area (Å²) >= 11 is 0. The Balaban J connectivity index is 2.05. The standard InChI is InChI=1S/C18H28N2O/c1-12-8-9-13(2)16(10-12)14(3)20(4)18(21)11-15-6-5-7-17(15)19/h8-10,14-15,17H,5-7,11,19H2,1-4H3/t14?,15-,17+/m0/s1. The molecule has 3 heteroatoms. The monoisotopic (exact) mass is 288 g/mol. The third kappa shape index (κ3) is 3.65. The van der Waals surface area contributed by atoms with E-state index in [2.05, 4.69) is 39.0 Å². The van der Waals surface area contributed by atoms with E-state index in [1.807, 2.05) is 11.9 Å². The van der Waals surface area contributed by atoms with Gasteiger partial charge in [0.15, 0.2) is 0 Å². The van der Waals surface area contributed by atoms with Crippen molar-refractivity contribution in [3.63, 3.8) is 0 Å². The molecule has 1 amide bonds. The second kappa shape index (κ2) is 6.61. The van der Waals surface area contributed by atoms with Crippen LogP contribution in [0, 0.1) is 19.8 Å². The van der Waals surface area contributed by atoms with E-state index < -0.39 is 0 Å². The molecule has 1 saturated carbocycles. The first-order valence-corrected chi connectivity index (χ1v) is 7.98. The van der Waals surface area contributed by atoms with Gasteiger partial charge in [0, 0.05) is 19.5 Å². The number of nitrogens with two attached hydrogens (primary N) is 1. The van der Waals surface area contributed by atoms with Gasteiger partial charge in [-0.1, -0.05) is 30.2 Å². The Hall–Kier alpha value is -1.35. The average Bonchev–Trinajstić information content (AvgIpc) is 2.85. The second-order valence-corrected chi connectivity index (χ2v) is 6.60. The van der Waals surface area contributed by atoms with E-state index in [9.17, 15) is 4.79 Å². The Morgan fingerprint density at radius 3 is 2.71 bits per heavy atom. The van der Waals surface area contributed by atoms with Gasteiger partial charge in [0.1, 0.15) is 0 Å². The maximum absolute atomic E-state index is 12.5. The van der Waals surface area contributed by atoms with Crippen molar-refractivity contribution in [1.82, 2.24) is 4.90 Å². The minimum absolute atomic E-state index is 0.107. The molecule has 0 radical (unpaired) electrons. The quantitative estimate of drug-likeness (QED) is 0.923. The zero-order valence-corrected chi connectivity index (χ0v) is 13.7. The van der Waals surface area contributed by atoms with Gasteiger partial charge in [0.05, 0.1) is 6.04 Å². The first kappa shape index (κ1) is 16.0. The summed E-state index contributed by atoms with van der Waals surface area (Å²) in [5.41, 5.74) is 9.80. The van der Waals surface area contributed by atoms with Crippen molar-refractivity contribution in [2.24, 2.45) is 11.7 Å². The van der Waals surface area contributed by atoms with Crippen LogP contribution in [-0.2, 0) is 4.79 Å². The van der Waals surface area contributed by atoms with Gasteiger partial charge in [0.2, 0.25) is 5.91 Å². The van der Waals surface area contributed by atoms with E-state index in [1.165, 1.54) is 16.7 Å². The highest BCUT2D eigenvalue weighted by Gasteiger charge is 2.28. The molecule has 1 aliphatic carbocycles. The van der Waals surface area contributed by atoms with E-state index in [0.717, 1.165) is 19.3 Å². The fourth-order valence-electron chi connectivity index (χ4n) is 3.32. The summed E-state index contributed by atoms with van der Waals surface area (Å²) in [6.07, 6.45) is 3.91. The summed E-state index contributed by atoms with van der Waals surface area (Å²) in [4.78, 5) is 14.4. The molecule has 3 atom stereocenters. The molecule has 0 spiro atoms. The third-order valence-electron chi connectivity index (χ3n) is 5.01. The molecule has 0 aliphatic heterocycles. The van der Waals surface area contributed by atoms with Crippen LogP contribution in [0.1, 0.15) is 55.3 Å². The average molecular weight is 288 g/mol. The normalized spacial score (nSPS) is 23.1. The smallest absolute Gasteiger partial charge is 0.223 e. The van der Waals surface area contributed by atoms with Gasteiger partial charge >= 0.3 is 0 Å². The minimum atomic E-state index is 0.107. The molecular weight excluding hydrogens is 260 g/mol. The Kier molecular flexibility index (Phi) is 5.04. The van der Waals surface area contributed by atoms with Crippen LogP contribution in [-0.4, -0.2) is 23.9 Å². The highest BCUT2D eigenvalue weighted by Crippen LogP contribution is 2.29. The summed E-state index contributed by atoms with van der Waals surface area (Å²) in [5.74, 6) is 0.580. The summed E-state index contributed by atoms with van der Waals surface area (Å²) in [7, 11) is 1.91. The first-order valence-electron chi connectivity index (χ1n) is 7.98. The lowest BCUT2D eigenvalue weighted by atomic mass is 9.96. The van der Waals surface area contributed by atoms with Gasteiger partial charge in [0.25, 0.3) is 0 Å². The lowest BCUT2D eigenvalue weighted by Crippen LogP contribution is -2.34. The lowest BCUT2D eigenvalue weighted by molar-refractivity contribution is -0.132. The molecule has 1 aromatic carbocycles. The molecule has 0 heterocycles. The number of carbonyl (C=O) groups excluding carboxylic acids is 1. The number of aryl methyl sites for hydroxylation is 2. The van der Waals surface area contributed by atoms with Crippen LogP contribution in [0.2, 0.25) is 0 Å². The van der Waals surface area contributed by atoms with E-state index >= 15 is 0 Å². The molecule has 1 unspecified atom stereocenters. The SMILES string of the molecule is Cc1ccc(C)c(C(C)N(C)C(=O)C[C@@H]2CCC[C@H]2N)c1. The van der Waals surface area contributed by atoms with Crippen molar-refractivity contribution in [3.8, 4) is 0 Å². The number of nitrogens with zero attached hydrogens (tertiary/aromatic N) is 1. The molecule has 0 saturated heterocycles. The molecule has 1 aliphatic rings. The zero-order chi connectivity index (χ0) is 15.6. The number of rotatable bonds is 4. The van der Waals surface area contributed by atoms with E-state index in [0.29, 0.717) is 12.3 Å². The summed E-state index contributed by atoms with van der Waals surface area (Å²) in [6.45, 7) is 6.31. The molecule has 21 heavy (non-hydrogen) atoms. The van der Waals surface area contributed by atoms with Crippen LogP contribution >= 0.6 is 0 Å². The molecule has 3 nitrogen and oxygen atoms in total. The van der Waals surface area contributed by atoms with Crippen LogP contribution in [0.5, 0.6) is 0 Å². The van der Waals surface area contributed by atoms with E-state index in [1.54, 1.807) is 0 Å². The Bertz CT molecular complexity index is 512. The van der Waals surface area contributed by atoms with Gasteiger partial charge in [-0.15, -0.1) is 0 Å². The zero-order valence-electron chi connectivity index (χ0n) is 13.7. The highest BCUT2D eigenvalue weighted by molar-refractivity contribution is 5.76. The molecule has 1 aromatic rings. The van der Waals surface area contributed by atoms with Crippen molar-refractivity contribution in [2.45, 2.75) is 58.5 Å². The van der Waals surface area contributed by atoms with Crippen LogP contribution < -0.4 is 5.73 Å². The van der Waals surface area contributed by atoms with Crippen LogP contribution in [0.3, 0.4) is 0 Å². The number of amides is 1. The highest BCUT2D eigenvalue weighted by atomic mass is 16.2. The van der Waals surface area contributed by atoms with Crippen LogP contribution in [0.4, 0.5) is 0 Å². The third-order valence-corrected chi connectivity index (χ3v) is 5.01. The van der Waals surface area contributed by atoms with Gasteiger partial charge in [-0.3, -0.25) is 4.79 Å². The number of carbonyl (C=O) groups is 1. The molecule has 2 N–H and O–H groups in total. The van der Waals surface area contributed by atoms with Gasteiger partial charge in [-0.25, -0.2) is 0 Å². The van der Waals surface area contributed by atoms with Gasteiger partial charge in [-0.2, -0.15) is 0 Å². The fraction of sp³-hybridized carbons (Fsp3) is 0.611. The van der Waals surface area contributed by atoms with Gasteiger partial charge < -0.3 is 10.6 Å². The first-order chi connectivity index (χ1) is 9.90. The fourth-order valence-corrected chi connectivity index (χ4v) is 3.32. The topological polar surface area (TPSA) is 46.3 Å². The van der Waals surface area contributed by atoms with E-state index in [4.69, 9.17) is 5.73 Å². The van der Waals surface area contributed by atoms with Crippen molar-refractivity contribution < 1.29 is 4.79 Å². The lowest BCUT2D eigenvalue weighted by Gasteiger charge is -2.28. The number of hydrogen-bond donors (Lipinski definition) is 1. The Morgan fingerprint density at radius 2 is 2.10 bits per heavy atom. The van der Waals surface area contributed by atoms with Crippen molar-refractivity contribution >= 4 is 5.91 Å². The maximum atomic E-state index is 12.5. The molecule has 2 rings (SSSR count). The Morgan fingerprint density at radius 1 is 1.38 bits per heavy atom. The predicted molar refractivity (Wildman–Crippen MR) is 87.0 cm³/mol. The predicted octanol–water partition coefficient (Wildman–Crippen LogP) is 3.34. The maximum Gasteiger partial charge on any atom is 0.223 e. The molecule has 0 bridgehead atoms. The summed E-state index contributed by atoms with van der Waals surface area (Å²) in [6, 6.07) is 6.75. The van der Waals surface area contributed by atoms with Crippen LogP contribution in [0.15, 0.2) is 18.2 Å². The van der Waals surface area contributed by atoms with Gasteiger partial charge in [-0.05, 0) is 50.7 Å². The molecule has 1 fully saturated rings. The summed E-state index contributed by atoms with van der Waals surface area (Å²) in [5, 5.41) is 0. The number of benzene rings is 1. The minimum Gasteiger partial charge on any atom is -0.339 e. The van der Waals surface area contributed by atoms with Crippen LogP contribution in [0.25, 0.3) is 0 Å². The van der Waals surface area contributed by atoms with Crippen molar-refractivity contribution in [1.29, 1.82) is 0 Å². The second-order valence-electron chi connectivity index (χ2n) is 6.60. The van der Waals surface area contributed by atoms with Crippen molar-refractivity contribution in [2.75, 3.05) is 7.05 Å². The summed E-state index contributed by atoms with van der Waals surface area (Å²) < 4.78 is 0. The van der Waals surface area contributed by atoms with E-state index in [-0.39, 0.29) is 18.0 Å². The molecule has 0 aromatic heterocycles. The van der Waals surface area contributed by atoms with Crippen molar-refractivity contribution in [3.05, 3.63) is 34.9 Å².